The van der Waals surface area contributed by atoms with Gasteiger partial charge in [0.25, 0.3) is 0 Å². The largest absolute Gasteiger partial charge is 0.379 e. The molecule has 22 heavy (non-hydrogen) atoms. The van der Waals surface area contributed by atoms with E-state index in [0.29, 0.717) is 12.0 Å². The van der Waals surface area contributed by atoms with Gasteiger partial charge in [0.2, 0.25) is 0 Å². The SMILES string of the molecule is CN=C(NCC(C)CN1CCOCC1)NC(C)CCC(C)C. The average molecular weight is 313 g/mol. The maximum Gasteiger partial charge on any atom is 0.191 e. The van der Waals surface area contributed by atoms with Crippen LogP contribution >= 0.6 is 0 Å². The summed E-state index contributed by atoms with van der Waals surface area (Å²) in [6.45, 7) is 15.0. The minimum Gasteiger partial charge on any atom is -0.379 e. The predicted molar refractivity (Wildman–Crippen MR) is 94.5 cm³/mol. The van der Waals surface area contributed by atoms with Gasteiger partial charge in [-0.05, 0) is 31.6 Å². The Labute approximate surface area is 136 Å². The molecule has 1 aliphatic rings. The highest BCUT2D eigenvalue weighted by Gasteiger charge is 2.14. The van der Waals surface area contributed by atoms with Crippen LogP contribution in [0.5, 0.6) is 0 Å². The summed E-state index contributed by atoms with van der Waals surface area (Å²) in [6, 6.07) is 0.461. The molecule has 1 fully saturated rings. The van der Waals surface area contributed by atoms with Crippen LogP contribution in [-0.4, -0.2) is 63.3 Å². The third kappa shape index (κ3) is 8.59. The lowest BCUT2D eigenvalue weighted by atomic mass is 10.0. The van der Waals surface area contributed by atoms with Crippen molar-refractivity contribution in [2.24, 2.45) is 16.8 Å². The molecule has 0 aromatic rings. The summed E-state index contributed by atoms with van der Waals surface area (Å²) in [7, 11) is 1.84. The highest BCUT2D eigenvalue weighted by molar-refractivity contribution is 5.79. The summed E-state index contributed by atoms with van der Waals surface area (Å²) in [4.78, 5) is 6.82. The van der Waals surface area contributed by atoms with Crippen LogP contribution in [0.15, 0.2) is 4.99 Å². The monoisotopic (exact) mass is 312 g/mol. The molecular weight excluding hydrogens is 276 g/mol. The molecule has 1 rings (SSSR count). The summed E-state index contributed by atoms with van der Waals surface area (Å²) in [5.41, 5.74) is 0. The first-order valence-electron chi connectivity index (χ1n) is 8.78. The number of nitrogens with zero attached hydrogens (tertiary/aromatic N) is 2. The van der Waals surface area contributed by atoms with Gasteiger partial charge in [-0.1, -0.05) is 20.8 Å². The van der Waals surface area contributed by atoms with E-state index < -0.39 is 0 Å². The summed E-state index contributed by atoms with van der Waals surface area (Å²) in [5, 5.41) is 6.94. The number of ether oxygens (including phenoxy) is 1. The fraction of sp³-hybridized carbons (Fsp3) is 0.941. The Morgan fingerprint density at radius 1 is 1.14 bits per heavy atom. The van der Waals surface area contributed by atoms with Gasteiger partial charge in [0.1, 0.15) is 0 Å². The third-order valence-electron chi connectivity index (χ3n) is 4.08. The number of nitrogens with one attached hydrogen (secondary N) is 2. The number of hydrogen-bond acceptors (Lipinski definition) is 3. The summed E-state index contributed by atoms with van der Waals surface area (Å²) in [6.07, 6.45) is 2.43. The van der Waals surface area contributed by atoms with E-state index in [-0.39, 0.29) is 0 Å². The Hall–Kier alpha value is -0.810. The van der Waals surface area contributed by atoms with E-state index in [0.717, 1.165) is 51.3 Å². The molecule has 2 atom stereocenters. The van der Waals surface area contributed by atoms with E-state index in [4.69, 9.17) is 4.74 Å². The molecule has 0 bridgehead atoms. The van der Waals surface area contributed by atoms with E-state index in [1.54, 1.807) is 0 Å². The van der Waals surface area contributed by atoms with E-state index in [1.807, 2.05) is 7.05 Å². The zero-order chi connectivity index (χ0) is 16.4. The molecule has 5 nitrogen and oxygen atoms in total. The summed E-state index contributed by atoms with van der Waals surface area (Å²) in [5.74, 6) is 2.28. The van der Waals surface area contributed by atoms with Crippen LogP contribution < -0.4 is 10.6 Å². The van der Waals surface area contributed by atoms with Crippen molar-refractivity contribution >= 4 is 5.96 Å². The fourth-order valence-corrected chi connectivity index (χ4v) is 2.64. The molecule has 130 valence electrons. The number of morpholine rings is 1. The highest BCUT2D eigenvalue weighted by Crippen LogP contribution is 2.06. The van der Waals surface area contributed by atoms with Gasteiger partial charge in [-0.2, -0.15) is 0 Å². The molecule has 0 saturated carbocycles. The Morgan fingerprint density at radius 3 is 2.41 bits per heavy atom. The van der Waals surface area contributed by atoms with Gasteiger partial charge in [0.15, 0.2) is 5.96 Å². The van der Waals surface area contributed by atoms with Crippen molar-refractivity contribution < 1.29 is 4.74 Å². The molecule has 1 saturated heterocycles. The van der Waals surface area contributed by atoms with Crippen molar-refractivity contribution in [3.63, 3.8) is 0 Å². The number of rotatable bonds is 8. The van der Waals surface area contributed by atoms with Gasteiger partial charge in [-0.25, -0.2) is 0 Å². The van der Waals surface area contributed by atoms with E-state index in [9.17, 15) is 0 Å². The van der Waals surface area contributed by atoms with Gasteiger partial charge in [0, 0.05) is 39.3 Å². The smallest absolute Gasteiger partial charge is 0.191 e. The average Bonchev–Trinajstić information content (AvgIpc) is 2.50. The first-order valence-corrected chi connectivity index (χ1v) is 8.78. The Balaban J connectivity index is 2.21. The van der Waals surface area contributed by atoms with E-state index in [1.165, 1.54) is 12.8 Å². The van der Waals surface area contributed by atoms with Crippen LogP contribution in [0.2, 0.25) is 0 Å². The fourth-order valence-electron chi connectivity index (χ4n) is 2.64. The molecule has 1 heterocycles. The molecule has 2 N–H and O–H groups in total. The Morgan fingerprint density at radius 2 is 1.82 bits per heavy atom. The van der Waals surface area contributed by atoms with Gasteiger partial charge in [-0.3, -0.25) is 9.89 Å². The van der Waals surface area contributed by atoms with Crippen LogP contribution in [0.25, 0.3) is 0 Å². The second-order valence-corrected chi connectivity index (χ2v) is 6.99. The van der Waals surface area contributed by atoms with Crippen molar-refractivity contribution in [1.82, 2.24) is 15.5 Å². The molecule has 2 unspecified atom stereocenters. The molecule has 0 aliphatic carbocycles. The van der Waals surface area contributed by atoms with Gasteiger partial charge in [0.05, 0.1) is 13.2 Å². The molecule has 1 aliphatic heterocycles. The number of guanidine groups is 1. The number of hydrogen-bond donors (Lipinski definition) is 2. The second kappa shape index (κ2) is 10.8. The van der Waals surface area contributed by atoms with Crippen molar-refractivity contribution in [2.45, 2.75) is 46.6 Å². The quantitative estimate of drug-likeness (QED) is 0.531. The van der Waals surface area contributed by atoms with Crippen LogP contribution in [0.3, 0.4) is 0 Å². The summed E-state index contributed by atoms with van der Waals surface area (Å²) >= 11 is 0. The molecule has 0 aromatic carbocycles. The Bertz CT molecular complexity index is 314. The third-order valence-corrected chi connectivity index (χ3v) is 4.08. The Kier molecular flexibility index (Phi) is 9.48. The lowest BCUT2D eigenvalue weighted by Crippen LogP contribution is -2.46. The minimum atomic E-state index is 0.461. The number of aliphatic imine (C=N–C) groups is 1. The topological polar surface area (TPSA) is 48.9 Å². The zero-order valence-corrected chi connectivity index (χ0v) is 15.2. The molecular formula is C17H36N4O. The van der Waals surface area contributed by atoms with Gasteiger partial charge >= 0.3 is 0 Å². The van der Waals surface area contributed by atoms with E-state index >= 15 is 0 Å². The van der Waals surface area contributed by atoms with Gasteiger partial charge in [-0.15, -0.1) is 0 Å². The van der Waals surface area contributed by atoms with Crippen LogP contribution in [0, 0.1) is 11.8 Å². The molecule has 0 aromatic heterocycles. The van der Waals surface area contributed by atoms with Crippen molar-refractivity contribution in [3.05, 3.63) is 0 Å². The van der Waals surface area contributed by atoms with Gasteiger partial charge < -0.3 is 15.4 Å². The summed E-state index contributed by atoms with van der Waals surface area (Å²) < 4.78 is 5.39. The maximum absolute atomic E-state index is 5.39. The molecule has 0 spiro atoms. The normalized spacial score (nSPS) is 20.0. The van der Waals surface area contributed by atoms with Crippen LogP contribution in [0.1, 0.15) is 40.5 Å². The highest BCUT2D eigenvalue weighted by atomic mass is 16.5. The zero-order valence-electron chi connectivity index (χ0n) is 15.2. The standard InChI is InChI=1S/C17H36N4O/c1-14(2)6-7-16(4)20-17(18-5)19-12-15(3)13-21-8-10-22-11-9-21/h14-16H,6-13H2,1-5H3,(H2,18,19,20). The predicted octanol–water partition coefficient (Wildman–Crippen LogP) is 1.94. The first-order chi connectivity index (χ1) is 10.5. The maximum atomic E-state index is 5.39. The van der Waals surface area contributed by atoms with E-state index in [2.05, 4.69) is 48.2 Å². The molecule has 5 heteroatoms. The van der Waals surface area contributed by atoms with Crippen LogP contribution in [0.4, 0.5) is 0 Å². The van der Waals surface area contributed by atoms with Crippen molar-refractivity contribution in [1.29, 1.82) is 0 Å². The lowest BCUT2D eigenvalue weighted by Gasteiger charge is -2.29. The second-order valence-electron chi connectivity index (χ2n) is 6.99. The molecule has 0 radical (unpaired) electrons. The molecule has 0 amide bonds. The van der Waals surface area contributed by atoms with Crippen molar-refractivity contribution in [2.75, 3.05) is 46.4 Å². The van der Waals surface area contributed by atoms with Crippen molar-refractivity contribution in [3.8, 4) is 0 Å². The lowest BCUT2D eigenvalue weighted by molar-refractivity contribution is 0.0320. The van der Waals surface area contributed by atoms with Crippen LogP contribution in [-0.2, 0) is 4.74 Å². The minimum absolute atomic E-state index is 0.461. The first kappa shape index (κ1) is 19.2.